The first-order valence-corrected chi connectivity index (χ1v) is 4.43. The van der Waals surface area contributed by atoms with Crippen molar-refractivity contribution in [2.45, 2.75) is 0 Å². The average molecular weight is 222 g/mol. The third kappa shape index (κ3) is 1.46. The van der Waals surface area contributed by atoms with Gasteiger partial charge in [0.05, 0.1) is 7.11 Å². The molecule has 0 saturated carbocycles. The topological polar surface area (TPSA) is 56.5 Å². The number of hydrogen-bond acceptors (Lipinski definition) is 4. The number of methoxy groups -OCH3 is 1. The van der Waals surface area contributed by atoms with Gasteiger partial charge < -0.3 is 9.15 Å². The maximum atomic E-state index is 13.4. The number of hydrogen-bond donors (Lipinski definition) is 0. The van der Waals surface area contributed by atoms with Gasteiger partial charge in [0.25, 0.3) is 0 Å². The summed E-state index contributed by atoms with van der Waals surface area (Å²) in [6.07, 6.45) is 0.968. The molecule has 0 radical (unpaired) electrons. The van der Waals surface area contributed by atoms with E-state index in [0.29, 0.717) is 0 Å². The van der Waals surface area contributed by atoms with Crippen LogP contribution in [0.25, 0.3) is 10.8 Å². The lowest BCUT2D eigenvalue weighted by Crippen LogP contribution is -2.08. The van der Waals surface area contributed by atoms with Crippen LogP contribution in [0, 0.1) is 5.82 Å². The number of fused-ring (bicyclic) bond motifs is 1. The largest absolute Gasteiger partial charge is 0.465 e. The molecule has 0 amide bonds. The Morgan fingerprint density at radius 3 is 2.88 bits per heavy atom. The zero-order valence-electron chi connectivity index (χ0n) is 8.32. The first-order valence-electron chi connectivity index (χ1n) is 4.43. The molecular formula is C11H7FO4. The molecule has 0 saturated heterocycles. The molecule has 82 valence electrons. The summed E-state index contributed by atoms with van der Waals surface area (Å²) in [5.41, 5.74) is -0.794. The standard InChI is InChI=1S/C11H7FO4/c1-15-10(13)7-5-16-11(14)9-6(7)3-2-4-8(9)12/h2-5H,1H3. The Bertz CT molecular complexity index is 615. The number of carbonyl (C=O) groups excluding carboxylic acids is 1. The summed E-state index contributed by atoms with van der Waals surface area (Å²) in [6, 6.07) is 3.99. The molecule has 0 bridgehead atoms. The predicted molar refractivity (Wildman–Crippen MR) is 53.8 cm³/mol. The quantitative estimate of drug-likeness (QED) is 0.689. The normalized spacial score (nSPS) is 10.4. The molecule has 16 heavy (non-hydrogen) atoms. The molecular weight excluding hydrogens is 215 g/mol. The van der Waals surface area contributed by atoms with Gasteiger partial charge in [-0.1, -0.05) is 12.1 Å². The second-order valence-electron chi connectivity index (χ2n) is 3.09. The van der Waals surface area contributed by atoms with Crippen molar-refractivity contribution in [1.82, 2.24) is 0 Å². The molecule has 0 spiro atoms. The van der Waals surface area contributed by atoms with Gasteiger partial charge in [-0.05, 0) is 6.07 Å². The third-order valence-corrected chi connectivity index (χ3v) is 2.20. The summed E-state index contributed by atoms with van der Waals surface area (Å²) in [7, 11) is 1.19. The first kappa shape index (κ1) is 10.4. The summed E-state index contributed by atoms with van der Waals surface area (Å²) in [5, 5.41) is -0.0616. The molecule has 0 atom stereocenters. The predicted octanol–water partition coefficient (Wildman–Crippen LogP) is 1.72. The van der Waals surface area contributed by atoms with Gasteiger partial charge >= 0.3 is 11.6 Å². The highest BCUT2D eigenvalue weighted by atomic mass is 19.1. The zero-order valence-corrected chi connectivity index (χ0v) is 8.32. The van der Waals surface area contributed by atoms with Crippen molar-refractivity contribution >= 4 is 16.7 Å². The van der Waals surface area contributed by atoms with Crippen LogP contribution in [0.15, 0.2) is 33.7 Å². The van der Waals surface area contributed by atoms with Crippen LogP contribution < -0.4 is 5.63 Å². The van der Waals surface area contributed by atoms with Gasteiger partial charge in [-0.25, -0.2) is 14.0 Å². The van der Waals surface area contributed by atoms with Crippen LogP contribution in [-0.4, -0.2) is 13.1 Å². The lowest BCUT2D eigenvalue weighted by atomic mass is 10.1. The molecule has 4 nitrogen and oxygen atoms in total. The van der Waals surface area contributed by atoms with E-state index in [2.05, 4.69) is 9.15 Å². The highest BCUT2D eigenvalue weighted by molar-refractivity contribution is 6.03. The van der Waals surface area contributed by atoms with Crippen molar-refractivity contribution in [3.8, 4) is 0 Å². The van der Waals surface area contributed by atoms with Crippen LogP contribution in [0.3, 0.4) is 0 Å². The number of rotatable bonds is 1. The number of esters is 1. The van der Waals surface area contributed by atoms with Gasteiger partial charge in [0.1, 0.15) is 23.0 Å². The van der Waals surface area contributed by atoms with Crippen molar-refractivity contribution < 1.29 is 18.3 Å². The molecule has 0 unspecified atom stereocenters. The van der Waals surface area contributed by atoms with E-state index in [4.69, 9.17) is 0 Å². The number of carbonyl (C=O) groups is 1. The molecule has 2 rings (SSSR count). The Labute approximate surface area is 89.2 Å². The van der Waals surface area contributed by atoms with E-state index >= 15 is 0 Å². The molecule has 1 heterocycles. The molecule has 5 heteroatoms. The van der Waals surface area contributed by atoms with Crippen molar-refractivity contribution in [2.75, 3.05) is 7.11 Å². The minimum Gasteiger partial charge on any atom is -0.465 e. The zero-order chi connectivity index (χ0) is 11.7. The highest BCUT2D eigenvalue weighted by Gasteiger charge is 2.15. The lowest BCUT2D eigenvalue weighted by Gasteiger charge is -2.03. The number of halogens is 1. The summed E-state index contributed by atoms with van der Waals surface area (Å²) < 4.78 is 22.5. The highest BCUT2D eigenvalue weighted by Crippen LogP contribution is 2.18. The summed E-state index contributed by atoms with van der Waals surface area (Å²) in [4.78, 5) is 22.6. The molecule has 0 fully saturated rings. The second-order valence-corrected chi connectivity index (χ2v) is 3.09. The Morgan fingerprint density at radius 1 is 1.44 bits per heavy atom. The van der Waals surface area contributed by atoms with Crippen molar-refractivity contribution in [2.24, 2.45) is 0 Å². The van der Waals surface area contributed by atoms with Crippen LogP contribution in [0.1, 0.15) is 10.4 Å². The van der Waals surface area contributed by atoms with Gasteiger partial charge in [0.2, 0.25) is 0 Å². The molecule has 1 aromatic carbocycles. The Balaban J connectivity index is 2.90. The summed E-state index contributed by atoms with van der Waals surface area (Å²) >= 11 is 0. The van der Waals surface area contributed by atoms with Crippen LogP contribution in [0.5, 0.6) is 0 Å². The fourth-order valence-electron chi connectivity index (χ4n) is 1.46. The van der Waals surface area contributed by atoms with Crippen molar-refractivity contribution in [1.29, 1.82) is 0 Å². The van der Waals surface area contributed by atoms with Crippen molar-refractivity contribution in [3.05, 3.63) is 46.3 Å². The van der Waals surface area contributed by atoms with Gasteiger partial charge in [0.15, 0.2) is 0 Å². The fraction of sp³-hybridized carbons (Fsp3) is 0.0909. The van der Waals surface area contributed by atoms with Gasteiger partial charge in [0, 0.05) is 5.39 Å². The molecule has 0 aliphatic heterocycles. The Morgan fingerprint density at radius 2 is 2.19 bits per heavy atom. The van der Waals surface area contributed by atoms with E-state index in [1.807, 2.05) is 0 Å². The third-order valence-electron chi connectivity index (χ3n) is 2.20. The van der Waals surface area contributed by atoms with E-state index in [0.717, 1.165) is 12.3 Å². The van der Waals surface area contributed by atoms with Crippen LogP contribution >= 0.6 is 0 Å². The SMILES string of the molecule is COC(=O)c1coc(=O)c2c(F)cccc12. The smallest absolute Gasteiger partial charge is 0.346 e. The summed E-state index contributed by atoms with van der Waals surface area (Å²) in [5.74, 6) is -1.41. The fourth-order valence-corrected chi connectivity index (χ4v) is 1.46. The molecule has 0 aliphatic carbocycles. The Hall–Kier alpha value is -2.17. The van der Waals surface area contributed by atoms with Gasteiger partial charge in [-0.15, -0.1) is 0 Å². The van der Waals surface area contributed by atoms with Crippen LogP contribution in [-0.2, 0) is 4.74 Å². The monoisotopic (exact) mass is 222 g/mol. The van der Waals surface area contributed by atoms with E-state index in [1.165, 1.54) is 19.2 Å². The van der Waals surface area contributed by atoms with Gasteiger partial charge in [-0.3, -0.25) is 0 Å². The first-order chi connectivity index (χ1) is 7.65. The van der Waals surface area contributed by atoms with Crippen molar-refractivity contribution in [3.63, 3.8) is 0 Å². The Kier molecular flexibility index (Phi) is 2.44. The molecule has 0 N–H and O–H groups in total. The molecule has 2 aromatic rings. The van der Waals surface area contributed by atoms with Gasteiger partial charge in [-0.2, -0.15) is 0 Å². The maximum absolute atomic E-state index is 13.4. The second kappa shape index (κ2) is 3.77. The van der Waals surface area contributed by atoms with Crippen LogP contribution in [0.2, 0.25) is 0 Å². The minimum atomic E-state index is -0.819. The number of benzene rings is 1. The lowest BCUT2D eigenvalue weighted by molar-refractivity contribution is 0.0600. The maximum Gasteiger partial charge on any atom is 0.346 e. The average Bonchev–Trinajstić information content (AvgIpc) is 2.28. The number of ether oxygens (including phenoxy) is 1. The molecule has 1 aromatic heterocycles. The van der Waals surface area contributed by atoms with E-state index in [1.54, 1.807) is 0 Å². The van der Waals surface area contributed by atoms with E-state index in [-0.39, 0.29) is 16.3 Å². The summed E-state index contributed by atoms with van der Waals surface area (Å²) in [6.45, 7) is 0. The molecule has 0 aliphatic rings. The van der Waals surface area contributed by atoms with E-state index < -0.39 is 17.4 Å². The minimum absolute atomic E-state index is 0.0246. The van der Waals surface area contributed by atoms with Crippen LogP contribution in [0.4, 0.5) is 4.39 Å². The van der Waals surface area contributed by atoms with E-state index in [9.17, 15) is 14.0 Å².